The Morgan fingerprint density at radius 3 is 2.78 bits per heavy atom. The first kappa shape index (κ1) is 15.6. The molecule has 2 aromatic rings. The Labute approximate surface area is 137 Å². The summed E-state index contributed by atoms with van der Waals surface area (Å²) in [5.74, 6) is -1.54. The molecule has 1 unspecified atom stereocenters. The maximum absolute atomic E-state index is 12.3. The van der Waals surface area contributed by atoms with Gasteiger partial charge in [-0.05, 0) is 18.4 Å². The first-order chi connectivity index (χ1) is 11.1. The molecule has 1 aromatic heterocycles. The van der Waals surface area contributed by atoms with Crippen LogP contribution in [0.3, 0.4) is 0 Å². The van der Waals surface area contributed by atoms with Gasteiger partial charge < -0.3 is 15.2 Å². The van der Waals surface area contributed by atoms with Crippen LogP contribution in [0.15, 0.2) is 36.5 Å². The first-order valence-electron chi connectivity index (χ1n) is 7.31. The number of amides is 1. The minimum atomic E-state index is -1.10. The van der Waals surface area contributed by atoms with Gasteiger partial charge >= 0.3 is 5.97 Å². The summed E-state index contributed by atoms with van der Waals surface area (Å²) in [5.41, 5.74) is 0.525. The van der Waals surface area contributed by atoms with Crippen LogP contribution in [-0.4, -0.2) is 28.6 Å². The van der Waals surface area contributed by atoms with Crippen molar-refractivity contribution in [2.45, 2.75) is 25.0 Å². The average Bonchev–Trinajstić information content (AvgIpc) is 3.23. The van der Waals surface area contributed by atoms with Gasteiger partial charge in [0.1, 0.15) is 16.0 Å². The van der Waals surface area contributed by atoms with Gasteiger partial charge in [0.15, 0.2) is 6.04 Å². The summed E-state index contributed by atoms with van der Waals surface area (Å²) in [6.07, 6.45) is 3.31. The Kier molecular flexibility index (Phi) is 4.68. The van der Waals surface area contributed by atoms with E-state index >= 15 is 0 Å². The number of thiazole rings is 1. The quantitative estimate of drug-likeness (QED) is 0.878. The van der Waals surface area contributed by atoms with Gasteiger partial charge in [-0.2, -0.15) is 0 Å². The number of aliphatic carboxylic acids is 1. The third kappa shape index (κ3) is 3.57. The minimum absolute atomic E-state index is 0.0501. The molecule has 1 amide bonds. The smallest absolute Gasteiger partial charge is 0.330 e. The number of ether oxygens (including phenoxy) is 1. The van der Waals surface area contributed by atoms with Crippen LogP contribution in [0.25, 0.3) is 0 Å². The lowest BCUT2D eigenvalue weighted by Gasteiger charge is -2.14. The molecule has 1 aromatic carbocycles. The maximum atomic E-state index is 12.3. The number of hydrogen-bond acceptors (Lipinski definition) is 5. The van der Waals surface area contributed by atoms with Crippen molar-refractivity contribution in [1.29, 1.82) is 0 Å². The summed E-state index contributed by atoms with van der Waals surface area (Å²) < 4.78 is 5.54. The normalized spacial score (nSPS) is 18.5. The van der Waals surface area contributed by atoms with Crippen molar-refractivity contribution in [2.75, 3.05) is 6.61 Å². The van der Waals surface area contributed by atoms with E-state index in [-0.39, 0.29) is 6.10 Å². The molecule has 6 nitrogen and oxygen atoms in total. The Morgan fingerprint density at radius 1 is 1.35 bits per heavy atom. The molecule has 2 N–H and O–H groups in total. The number of carbonyl (C=O) groups is 2. The fraction of sp³-hybridized carbons (Fsp3) is 0.312. The standard InChI is InChI=1S/C16H16N2O4S/c19-14(12-9-17-15(23-12)11-7-4-8-22-11)18-13(16(20)21)10-5-2-1-3-6-10/h1-3,5-6,9,11,13H,4,7-8H2,(H,18,19)(H,20,21)/t11?,13-/m1/s1. The van der Waals surface area contributed by atoms with Crippen LogP contribution in [0, 0.1) is 0 Å². The third-order valence-electron chi connectivity index (χ3n) is 3.61. The van der Waals surface area contributed by atoms with Crippen molar-refractivity contribution in [2.24, 2.45) is 0 Å². The topological polar surface area (TPSA) is 88.5 Å². The van der Waals surface area contributed by atoms with Crippen LogP contribution in [0.5, 0.6) is 0 Å². The van der Waals surface area contributed by atoms with E-state index in [4.69, 9.17) is 4.74 Å². The van der Waals surface area contributed by atoms with Crippen molar-refractivity contribution >= 4 is 23.2 Å². The van der Waals surface area contributed by atoms with Crippen LogP contribution in [-0.2, 0) is 9.53 Å². The molecule has 3 rings (SSSR count). The molecule has 0 spiro atoms. The molecule has 1 fully saturated rings. The highest BCUT2D eigenvalue weighted by atomic mass is 32.1. The minimum Gasteiger partial charge on any atom is -0.479 e. The number of nitrogens with one attached hydrogen (secondary N) is 1. The van der Waals surface area contributed by atoms with Gasteiger partial charge in [0, 0.05) is 6.61 Å². The second-order valence-electron chi connectivity index (χ2n) is 5.22. The zero-order valence-electron chi connectivity index (χ0n) is 12.3. The van der Waals surface area contributed by atoms with Gasteiger partial charge in [0.25, 0.3) is 5.91 Å². The fourth-order valence-electron chi connectivity index (χ4n) is 2.45. The maximum Gasteiger partial charge on any atom is 0.330 e. The van der Waals surface area contributed by atoms with E-state index in [0.29, 0.717) is 17.0 Å². The Balaban J connectivity index is 1.73. The van der Waals surface area contributed by atoms with Crippen molar-refractivity contribution < 1.29 is 19.4 Å². The molecular weight excluding hydrogens is 316 g/mol. The number of hydrogen-bond donors (Lipinski definition) is 2. The SMILES string of the molecule is O=C(N[C@@H](C(=O)O)c1ccccc1)c1cnc(C2CCCO2)s1. The van der Waals surface area contributed by atoms with Crippen LogP contribution in [0.2, 0.25) is 0 Å². The average molecular weight is 332 g/mol. The van der Waals surface area contributed by atoms with Gasteiger partial charge in [-0.25, -0.2) is 9.78 Å². The molecule has 0 aliphatic carbocycles. The number of nitrogens with zero attached hydrogens (tertiary/aromatic N) is 1. The predicted molar refractivity (Wildman–Crippen MR) is 84.3 cm³/mol. The van der Waals surface area contributed by atoms with Crippen LogP contribution in [0.4, 0.5) is 0 Å². The van der Waals surface area contributed by atoms with Crippen molar-refractivity contribution in [3.63, 3.8) is 0 Å². The Morgan fingerprint density at radius 2 is 2.13 bits per heavy atom. The second-order valence-corrected chi connectivity index (χ2v) is 6.28. The summed E-state index contributed by atoms with van der Waals surface area (Å²) in [5, 5.41) is 12.7. The molecule has 0 bridgehead atoms. The van der Waals surface area contributed by atoms with Crippen LogP contribution >= 0.6 is 11.3 Å². The number of carbonyl (C=O) groups excluding carboxylic acids is 1. The molecule has 2 atom stereocenters. The molecular formula is C16H16N2O4S. The Bertz CT molecular complexity index is 695. The zero-order chi connectivity index (χ0) is 16.2. The first-order valence-corrected chi connectivity index (χ1v) is 8.13. The summed E-state index contributed by atoms with van der Waals surface area (Å²) in [6.45, 7) is 0.709. The van der Waals surface area contributed by atoms with Gasteiger partial charge in [0.2, 0.25) is 0 Å². The number of rotatable bonds is 5. The lowest BCUT2D eigenvalue weighted by atomic mass is 10.1. The highest BCUT2D eigenvalue weighted by molar-refractivity contribution is 7.13. The fourth-order valence-corrected chi connectivity index (χ4v) is 3.35. The number of carboxylic acids is 1. The summed E-state index contributed by atoms with van der Waals surface area (Å²) in [6, 6.07) is 7.52. The largest absolute Gasteiger partial charge is 0.479 e. The highest BCUT2D eigenvalue weighted by Crippen LogP contribution is 2.31. The van der Waals surface area contributed by atoms with E-state index < -0.39 is 17.9 Å². The molecule has 23 heavy (non-hydrogen) atoms. The lowest BCUT2D eigenvalue weighted by Crippen LogP contribution is -2.33. The van der Waals surface area contributed by atoms with Gasteiger partial charge in [-0.3, -0.25) is 4.79 Å². The van der Waals surface area contributed by atoms with E-state index in [2.05, 4.69) is 10.3 Å². The van der Waals surface area contributed by atoms with E-state index in [9.17, 15) is 14.7 Å². The number of benzene rings is 1. The molecule has 120 valence electrons. The highest BCUT2D eigenvalue weighted by Gasteiger charge is 2.26. The van der Waals surface area contributed by atoms with E-state index in [1.807, 2.05) is 0 Å². The molecule has 2 heterocycles. The molecule has 1 aliphatic heterocycles. The van der Waals surface area contributed by atoms with Crippen LogP contribution in [0.1, 0.15) is 45.2 Å². The molecule has 0 radical (unpaired) electrons. The monoisotopic (exact) mass is 332 g/mol. The molecule has 1 aliphatic rings. The summed E-state index contributed by atoms with van der Waals surface area (Å²) in [7, 11) is 0. The molecule has 7 heteroatoms. The van der Waals surface area contributed by atoms with Gasteiger partial charge in [0.05, 0.1) is 6.20 Å². The van der Waals surface area contributed by atoms with E-state index in [1.54, 1.807) is 30.3 Å². The van der Waals surface area contributed by atoms with Crippen molar-refractivity contribution in [1.82, 2.24) is 10.3 Å². The second kappa shape index (κ2) is 6.89. The van der Waals surface area contributed by atoms with Gasteiger partial charge in [-0.1, -0.05) is 30.3 Å². The number of carboxylic acid groups (broad SMARTS) is 1. The predicted octanol–water partition coefficient (Wildman–Crippen LogP) is 2.55. The van der Waals surface area contributed by atoms with Gasteiger partial charge in [-0.15, -0.1) is 11.3 Å². The lowest BCUT2D eigenvalue weighted by molar-refractivity contribution is -0.139. The number of aromatic nitrogens is 1. The van der Waals surface area contributed by atoms with Crippen LogP contribution < -0.4 is 5.32 Å². The summed E-state index contributed by atoms with van der Waals surface area (Å²) in [4.78, 5) is 28.4. The van der Waals surface area contributed by atoms with E-state index in [1.165, 1.54) is 17.5 Å². The zero-order valence-corrected chi connectivity index (χ0v) is 13.1. The Hall–Kier alpha value is -2.25. The van der Waals surface area contributed by atoms with Crippen molar-refractivity contribution in [3.05, 3.63) is 52.0 Å². The molecule has 0 saturated carbocycles. The summed E-state index contributed by atoms with van der Waals surface area (Å²) >= 11 is 1.25. The van der Waals surface area contributed by atoms with Crippen molar-refractivity contribution in [3.8, 4) is 0 Å². The third-order valence-corrected chi connectivity index (χ3v) is 4.70. The molecule has 1 saturated heterocycles. The van der Waals surface area contributed by atoms with E-state index in [0.717, 1.165) is 17.8 Å².